The Morgan fingerprint density at radius 1 is 0.861 bits per heavy atom. The van der Waals surface area contributed by atoms with E-state index in [2.05, 4.69) is 15.3 Å². The van der Waals surface area contributed by atoms with E-state index in [0.717, 1.165) is 11.1 Å². The molecule has 0 unspecified atom stereocenters. The number of aromatic nitrogens is 3. The van der Waals surface area contributed by atoms with Gasteiger partial charge in [0.15, 0.2) is 28.8 Å². The van der Waals surface area contributed by atoms with E-state index < -0.39 is 0 Å². The highest BCUT2D eigenvalue weighted by molar-refractivity contribution is 7.71. The highest BCUT2D eigenvalue weighted by atomic mass is 32.1. The van der Waals surface area contributed by atoms with Crippen molar-refractivity contribution in [3.05, 3.63) is 76.6 Å². The standard InChI is InChI=1S/C26H26N4O5S/c1-31-21-12-18(10-11-20(21)35-16-17-8-6-5-7-9-17)15-27-30-25(28-29-26(30)36)19-13-22(32-2)24(34-4)23(14-19)33-3/h5-15H,16H2,1-4H3,(H,29,36). The zero-order valence-electron chi connectivity index (χ0n) is 20.3. The normalized spacial score (nSPS) is 10.9. The topological polar surface area (TPSA) is 92.1 Å². The van der Waals surface area contributed by atoms with Gasteiger partial charge in [-0.25, -0.2) is 5.10 Å². The number of aromatic amines is 1. The molecule has 0 amide bonds. The molecule has 0 aliphatic heterocycles. The van der Waals surface area contributed by atoms with Crippen molar-refractivity contribution in [2.24, 2.45) is 5.10 Å². The lowest BCUT2D eigenvalue weighted by atomic mass is 10.1. The largest absolute Gasteiger partial charge is 0.493 e. The number of benzene rings is 3. The zero-order valence-corrected chi connectivity index (χ0v) is 21.2. The maximum atomic E-state index is 5.94. The van der Waals surface area contributed by atoms with E-state index in [1.165, 1.54) is 4.68 Å². The van der Waals surface area contributed by atoms with Crippen LogP contribution in [0.5, 0.6) is 28.7 Å². The quantitative estimate of drug-likeness (QED) is 0.236. The van der Waals surface area contributed by atoms with Crippen LogP contribution in [0.25, 0.3) is 11.4 Å². The van der Waals surface area contributed by atoms with Crippen LogP contribution in [0, 0.1) is 4.77 Å². The van der Waals surface area contributed by atoms with E-state index in [9.17, 15) is 0 Å². The van der Waals surface area contributed by atoms with E-state index in [4.69, 9.17) is 35.9 Å². The van der Waals surface area contributed by atoms with E-state index in [1.807, 2.05) is 48.5 Å². The van der Waals surface area contributed by atoms with Crippen LogP contribution < -0.4 is 23.7 Å². The minimum absolute atomic E-state index is 0.324. The first-order valence-corrected chi connectivity index (χ1v) is 11.4. The van der Waals surface area contributed by atoms with Crippen molar-refractivity contribution >= 4 is 18.4 Å². The van der Waals surface area contributed by atoms with Gasteiger partial charge >= 0.3 is 0 Å². The van der Waals surface area contributed by atoms with Crippen molar-refractivity contribution in [1.82, 2.24) is 14.9 Å². The van der Waals surface area contributed by atoms with Gasteiger partial charge < -0.3 is 23.7 Å². The van der Waals surface area contributed by atoms with E-state index in [0.29, 0.717) is 51.5 Å². The Morgan fingerprint density at radius 3 is 2.19 bits per heavy atom. The van der Waals surface area contributed by atoms with Crippen LogP contribution in [-0.2, 0) is 6.61 Å². The molecular formula is C26H26N4O5S. The van der Waals surface area contributed by atoms with E-state index >= 15 is 0 Å². The summed E-state index contributed by atoms with van der Waals surface area (Å²) >= 11 is 5.41. The Morgan fingerprint density at radius 2 is 1.56 bits per heavy atom. The summed E-state index contributed by atoms with van der Waals surface area (Å²) in [4.78, 5) is 0. The summed E-state index contributed by atoms with van der Waals surface area (Å²) in [7, 11) is 6.25. The van der Waals surface area contributed by atoms with Crippen LogP contribution in [0.3, 0.4) is 0 Å². The number of ether oxygens (including phenoxy) is 5. The third-order valence-corrected chi connectivity index (χ3v) is 5.58. The van der Waals surface area contributed by atoms with Gasteiger partial charge in [-0.05, 0) is 53.7 Å². The van der Waals surface area contributed by atoms with Crippen molar-refractivity contribution in [3.8, 4) is 40.1 Å². The lowest BCUT2D eigenvalue weighted by molar-refractivity contribution is 0.284. The average molecular weight is 507 g/mol. The minimum Gasteiger partial charge on any atom is -0.493 e. The molecule has 0 radical (unpaired) electrons. The molecule has 186 valence electrons. The Kier molecular flexibility index (Phi) is 7.86. The van der Waals surface area contributed by atoms with Gasteiger partial charge in [0, 0.05) is 5.56 Å². The van der Waals surface area contributed by atoms with Gasteiger partial charge in [-0.2, -0.15) is 14.9 Å². The van der Waals surface area contributed by atoms with Gasteiger partial charge in [0.05, 0.1) is 34.7 Å². The first-order valence-electron chi connectivity index (χ1n) is 10.9. The van der Waals surface area contributed by atoms with Crippen LogP contribution in [0.4, 0.5) is 0 Å². The number of hydrogen-bond acceptors (Lipinski definition) is 8. The third-order valence-electron chi connectivity index (χ3n) is 5.32. The van der Waals surface area contributed by atoms with Crippen LogP contribution in [0.1, 0.15) is 11.1 Å². The predicted octanol–water partition coefficient (Wildman–Crippen LogP) is 5.10. The van der Waals surface area contributed by atoms with Crippen molar-refractivity contribution in [2.75, 3.05) is 28.4 Å². The first kappa shape index (κ1) is 24.8. The number of methoxy groups -OCH3 is 4. The lowest BCUT2D eigenvalue weighted by Gasteiger charge is -2.13. The molecule has 0 saturated carbocycles. The summed E-state index contributed by atoms with van der Waals surface area (Å²) in [6, 6.07) is 19.1. The Balaban J connectivity index is 1.61. The average Bonchev–Trinajstić information content (AvgIpc) is 3.30. The van der Waals surface area contributed by atoms with E-state index in [1.54, 1.807) is 46.8 Å². The fourth-order valence-corrected chi connectivity index (χ4v) is 3.72. The van der Waals surface area contributed by atoms with Crippen LogP contribution in [-0.4, -0.2) is 49.5 Å². The summed E-state index contributed by atoms with van der Waals surface area (Å²) in [5.41, 5.74) is 2.54. The number of hydrogen-bond donors (Lipinski definition) is 1. The monoisotopic (exact) mass is 506 g/mol. The number of nitrogens with zero attached hydrogens (tertiary/aromatic N) is 3. The highest BCUT2D eigenvalue weighted by Crippen LogP contribution is 2.40. The molecule has 3 aromatic carbocycles. The number of nitrogens with one attached hydrogen (secondary N) is 1. The Labute approximate surface area is 213 Å². The minimum atomic E-state index is 0.324. The van der Waals surface area contributed by atoms with Crippen LogP contribution >= 0.6 is 12.2 Å². The fraction of sp³-hybridized carbons (Fsp3) is 0.192. The molecule has 9 nitrogen and oxygen atoms in total. The molecule has 0 saturated heterocycles. The molecule has 0 fully saturated rings. The lowest BCUT2D eigenvalue weighted by Crippen LogP contribution is -2.00. The smallest absolute Gasteiger partial charge is 0.216 e. The highest BCUT2D eigenvalue weighted by Gasteiger charge is 2.17. The molecule has 1 N–H and O–H groups in total. The Bertz CT molecular complexity index is 1390. The fourth-order valence-electron chi connectivity index (χ4n) is 3.54. The zero-order chi connectivity index (χ0) is 25.5. The molecule has 4 rings (SSSR count). The van der Waals surface area contributed by atoms with Crippen molar-refractivity contribution in [1.29, 1.82) is 0 Å². The second-order valence-electron chi connectivity index (χ2n) is 7.51. The Hall–Kier alpha value is -4.31. The summed E-state index contributed by atoms with van der Waals surface area (Å²) < 4.78 is 29.6. The maximum Gasteiger partial charge on any atom is 0.216 e. The molecule has 0 aliphatic rings. The summed E-state index contributed by atoms with van der Waals surface area (Å²) in [5.74, 6) is 3.17. The molecule has 0 bridgehead atoms. The number of H-pyrrole nitrogens is 1. The van der Waals surface area contributed by atoms with Gasteiger partial charge in [0.25, 0.3) is 0 Å². The van der Waals surface area contributed by atoms with Crippen molar-refractivity contribution in [2.45, 2.75) is 6.61 Å². The second-order valence-corrected chi connectivity index (χ2v) is 7.89. The molecular weight excluding hydrogens is 480 g/mol. The summed E-state index contributed by atoms with van der Waals surface area (Å²) in [5, 5.41) is 11.7. The van der Waals surface area contributed by atoms with Crippen molar-refractivity contribution < 1.29 is 23.7 Å². The van der Waals surface area contributed by atoms with Crippen LogP contribution in [0.15, 0.2) is 65.8 Å². The van der Waals surface area contributed by atoms with Crippen molar-refractivity contribution in [3.63, 3.8) is 0 Å². The maximum absolute atomic E-state index is 5.94. The molecule has 36 heavy (non-hydrogen) atoms. The SMILES string of the molecule is COc1cc(C=Nn2c(-c3cc(OC)c(OC)c(OC)c3)n[nH]c2=S)ccc1OCc1ccccc1. The molecule has 0 atom stereocenters. The molecule has 0 aliphatic carbocycles. The predicted molar refractivity (Wildman–Crippen MR) is 139 cm³/mol. The third kappa shape index (κ3) is 5.33. The molecule has 0 spiro atoms. The molecule has 1 aromatic heterocycles. The van der Waals surface area contributed by atoms with Gasteiger partial charge in [-0.15, -0.1) is 0 Å². The molecule has 10 heteroatoms. The first-order chi connectivity index (χ1) is 17.6. The molecule has 4 aromatic rings. The van der Waals surface area contributed by atoms with Gasteiger partial charge in [-0.3, -0.25) is 0 Å². The summed E-state index contributed by atoms with van der Waals surface area (Å²) in [6.07, 6.45) is 1.66. The van der Waals surface area contributed by atoms with E-state index in [-0.39, 0.29) is 0 Å². The summed E-state index contributed by atoms with van der Waals surface area (Å²) in [6.45, 7) is 0.437. The molecule has 1 heterocycles. The van der Waals surface area contributed by atoms with Gasteiger partial charge in [0.1, 0.15) is 6.61 Å². The second kappa shape index (κ2) is 11.4. The number of rotatable bonds is 10. The van der Waals surface area contributed by atoms with Gasteiger partial charge in [-0.1, -0.05) is 30.3 Å². The van der Waals surface area contributed by atoms with Crippen LogP contribution in [0.2, 0.25) is 0 Å². The van der Waals surface area contributed by atoms with Gasteiger partial charge in [0.2, 0.25) is 10.5 Å².